The number of rotatable bonds is 4. The van der Waals surface area contributed by atoms with Gasteiger partial charge < -0.3 is 9.67 Å². The number of fused-ring (bicyclic) bond motifs is 1. The number of carboxylic acids is 1. The van der Waals surface area contributed by atoms with E-state index in [4.69, 9.17) is 0 Å². The second-order valence-corrected chi connectivity index (χ2v) is 6.82. The van der Waals surface area contributed by atoms with Gasteiger partial charge in [0, 0.05) is 18.3 Å². The molecule has 1 saturated carbocycles. The fourth-order valence-electron chi connectivity index (χ4n) is 3.34. The Labute approximate surface area is 125 Å². The Kier molecular flexibility index (Phi) is 3.52. The van der Waals surface area contributed by atoms with Gasteiger partial charge in [0.2, 0.25) is 0 Å². The molecular formula is C18H23NO2. The van der Waals surface area contributed by atoms with Gasteiger partial charge in [-0.05, 0) is 61.8 Å². The van der Waals surface area contributed by atoms with Crippen LogP contribution in [0.15, 0.2) is 30.5 Å². The maximum absolute atomic E-state index is 11.4. The molecule has 0 aliphatic heterocycles. The number of nitrogens with zero attached hydrogens (tertiary/aromatic N) is 1. The van der Waals surface area contributed by atoms with Crippen molar-refractivity contribution in [2.24, 2.45) is 5.92 Å². The minimum Gasteiger partial charge on any atom is -0.481 e. The number of carbonyl (C=O) groups is 1. The number of hydrogen-bond donors (Lipinski definition) is 1. The molecule has 1 heterocycles. The summed E-state index contributed by atoms with van der Waals surface area (Å²) in [7, 11) is 0. The minimum absolute atomic E-state index is 0.785. The van der Waals surface area contributed by atoms with E-state index in [0.717, 1.165) is 23.4 Å². The smallest absolute Gasteiger partial charge is 0.313 e. The van der Waals surface area contributed by atoms with E-state index in [0.29, 0.717) is 0 Å². The number of aromatic nitrogens is 1. The van der Waals surface area contributed by atoms with Gasteiger partial charge in [-0.1, -0.05) is 18.9 Å². The molecule has 0 atom stereocenters. The third kappa shape index (κ3) is 2.57. The van der Waals surface area contributed by atoms with Gasteiger partial charge in [0.05, 0.1) is 5.41 Å². The van der Waals surface area contributed by atoms with Crippen LogP contribution in [0.3, 0.4) is 0 Å². The van der Waals surface area contributed by atoms with Crippen molar-refractivity contribution < 1.29 is 9.90 Å². The first kappa shape index (κ1) is 14.2. The molecule has 3 heteroatoms. The molecular weight excluding hydrogens is 262 g/mol. The average molecular weight is 285 g/mol. The molecule has 3 rings (SSSR count). The summed E-state index contributed by atoms with van der Waals surface area (Å²) in [6.45, 7) is 4.60. The van der Waals surface area contributed by atoms with E-state index in [2.05, 4.69) is 22.9 Å². The van der Waals surface area contributed by atoms with Gasteiger partial charge in [0.25, 0.3) is 0 Å². The van der Waals surface area contributed by atoms with Crippen molar-refractivity contribution in [3.63, 3.8) is 0 Å². The van der Waals surface area contributed by atoms with E-state index < -0.39 is 11.4 Å². The molecule has 1 aromatic heterocycles. The predicted molar refractivity (Wildman–Crippen MR) is 84.6 cm³/mol. The van der Waals surface area contributed by atoms with E-state index in [9.17, 15) is 9.90 Å². The fourth-order valence-corrected chi connectivity index (χ4v) is 3.34. The van der Waals surface area contributed by atoms with Crippen LogP contribution in [0.25, 0.3) is 10.9 Å². The molecule has 0 spiro atoms. The maximum atomic E-state index is 11.4. The first-order valence-corrected chi connectivity index (χ1v) is 7.81. The summed E-state index contributed by atoms with van der Waals surface area (Å²) in [5, 5.41) is 10.5. The van der Waals surface area contributed by atoms with Crippen LogP contribution in [0.1, 0.15) is 45.1 Å². The van der Waals surface area contributed by atoms with Crippen LogP contribution in [-0.2, 0) is 16.8 Å². The van der Waals surface area contributed by atoms with E-state index in [1.54, 1.807) is 13.8 Å². The summed E-state index contributed by atoms with van der Waals surface area (Å²) in [6, 6.07) is 8.16. The molecule has 1 aliphatic rings. The van der Waals surface area contributed by atoms with Crippen molar-refractivity contribution in [1.82, 2.24) is 4.57 Å². The van der Waals surface area contributed by atoms with Crippen molar-refractivity contribution in [2.45, 2.75) is 51.5 Å². The number of carboxylic acid groups (broad SMARTS) is 1. The Hall–Kier alpha value is -1.77. The number of aliphatic carboxylic acids is 1. The van der Waals surface area contributed by atoms with Crippen LogP contribution in [0.2, 0.25) is 0 Å². The van der Waals surface area contributed by atoms with E-state index >= 15 is 0 Å². The Bertz CT molecular complexity index is 663. The number of benzene rings is 1. The van der Waals surface area contributed by atoms with Gasteiger partial charge >= 0.3 is 5.97 Å². The van der Waals surface area contributed by atoms with E-state index in [1.165, 1.54) is 31.2 Å². The topological polar surface area (TPSA) is 42.2 Å². The molecule has 0 amide bonds. The van der Waals surface area contributed by atoms with Gasteiger partial charge in [0.15, 0.2) is 0 Å². The Balaban J connectivity index is 1.92. The molecule has 0 bridgehead atoms. The lowest BCUT2D eigenvalue weighted by atomic mass is 9.84. The molecule has 3 nitrogen and oxygen atoms in total. The minimum atomic E-state index is -0.845. The highest BCUT2D eigenvalue weighted by Crippen LogP contribution is 2.30. The van der Waals surface area contributed by atoms with Gasteiger partial charge in [-0.2, -0.15) is 0 Å². The Morgan fingerprint density at radius 2 is 2.00 bits per heavy atom. The monoisotopic (exact) mass is 285 g/mol. The highest BCUT2D eigenvalue weighted by molar-refractivity contribution is 5.85. The van der Waals surface area contributed by atoms with Gasteiger partial charge in [-0.15, -0.1) is 0 Å². The first-order chi connectivity index (χ1) is 9.98. The largest absolute Gasteiger partial charge is 0.481 e. The molecule has 0 radical (unpaired) electrons. The van der Waals surface area contributed by atoms with Crippen molar-refractivity contribution >= 4 is 16.9 Å². The lowest BCUT2D eigenvalue weighted by molar-refractivity contribution is -0.142. The standard InChI is InChI=1S/C18H23NO2/c1-18(2,17(20)21)15-7-8-16-14(11-15)9-10-19(16)12-13-5-3-4-6-13/h7-11,13H,3-6,12H2,1-2H3,(H,20,21). The van der Waals surface area contributed by atoms with Crippen molar-refractivity contribution in [2.75, 3.05) is 0 Å². The second-order valence-electron chi connectivity index (χ2n) is 6.82. The fraction of sp³-hybridized carbons (Fsp3) is 0.500. The summed E-state index contributed by atoms with van der Waals surface area (Å²) in [5.74, 6) is 0.0166. The molecule has 1 aromatic carbocycles. The summed E-state index contributed by atoms with van der Waals surface area (Å²) >= 11 is 0. The van der Waals surface area contributed by atoms with Gasteiger partial charge in [-0.3, -0.25) is 4.79 Å². The summed E-state index contributed by atoms with van der Waals surface area (Å²) < 4.78 is 2.32. The zero-order valence-electron chi connectivity index (χ0n) is 12.8. The zero-order chi connectivity index (χ0) is 15.0. The van der Waals surface area contributed by atoms with Crippen LogP contribution in [0, 0.1) is 5.92 Å². The average Bonchev–Trinajstić information content (AvgIpc) is 3.09. The predicted octanol–water partition coefficient (Wildman–Crippen LogP) is 4.19. The van der Waals surface area contributed by atoms with Crippen LogP contribution in [-0.4, -0.2) is 15.6 Å². The van der Waals surface area contributed by atoms with Crippen LogP contribution in [0.4, 0.5) is 0 Å². The molecule has 1 fully saturated rings. The van der Waals surface area contributed by atoms with E-state index in [-0.39, 0.29) is 0 Å². The quantitative estimate of drug-likeness (QED) is 0.915. The molecule has 112 valence electrons. The van der Waals surface area contributed by atoms with Crippen molar-refractivity contribution in [1.29, 1.82) is 0 Å². The molecule has 1 N–H and O–H groups in total. The highest BCUT2D eigenvalue weighted by atomic mass is 16.4. The van der Waals surface area contributed by atoms with Crippen LogP contribution in [0.5, 0.6) is 0 Å². The third-order valence-corrected chi connectivity index (χ3v) is 4.96. The lowest BCUT2D eigenvalue weighted by Crippen LogP contribution is -2.28. The highest BCUT2D eigenvalue weighted by Gasteiger charge is 2.29. The van der Waals surface area contributed by atoms with Crippen molar-refractivity contribution in [3.8, 4) is 0 Å². The lowest BCUT2D eigenvalue weighted by Gasteiger charge is -2.20. The summed E-state index contributed by atoms with van der Waals surface area (Å²) in [6.07, 6.45) is 7.54. The molecule has 0 saturated heterocycles. The third-order valence-electron chi connectivity index (χ3n) is 4.96. The summed E-state index contributed by atoms with van der Waals surface area (Å²) in [5.41, 5.74) is 1.23. The van der Waals surface area contributed by atoms with E-state index in [1.807, 2.05) is 12.1 Å². The Morgan fingerprint density at radius 3 is 2.67 bits per heavy atom. The first-order valence-electron chi connectivity index (χ1n) is 7.81. The number of hydrogen-bond acceptors (Lipinski definition) is 1. The van der Waals surface area contributed by atoms with Gasteiger partial charge in [-0.25, -0.2) is 0 Å². The SMILES string of the molecule is CC(C)(C(=O)O)c1ccc2c(ccn2CC2CCCC2)c1. The second kappa shape index (κ2) is 5.21. The molecule has 2 aromatic rings. The molecule has 21 heavy (non-hydrogen) atoms. The summed E-state index contributed by atoms with van der Waals surface area (Å²) in [4.78, 5) is 11.4. The Morgan fingerprint density at radius 1 is 1.29 bits per heavy atom. The van der Waals surface area contributed by atoms with Crippen LogP contribution >= 0.6 is 0 Å². The molecule has 1 aliphatic carbocycles. The van der Waals surface area contributed by atoms with Crippen LogP contribution < -0.4 is 0 Å². The zero-order valence-corrected chi connectivity index (χ0v) is 12.8. The molecule has 0 unspecified atom stereocenters. The normalized spacial score (nSPS) is 16.7. The van der Waals surface area contributed by atoms with Crippen molar-refractivity contribution in [3.05, 3.63) is 36.0 Å². The maximum Gasteiger partial charge on any atom is 0.313 e. The van der Waals surface area contributed by atoms with Gasteiger partial charge in [0.1, 0.15) is 0 Å².